The predicted octanol–water partition coefficient (Wildman–Crippen LogP) is 1.16. The molecule has 18 heavy (non-hydrogen) atoms. The standard InChI is InChI=1S/C14H26N2O2/c1-3-15-13-9-18-8-12(13)14(17)16-7-11-5-4-10(2)6-11/h10-13,15H,3-9H2,1-2H3,(H,16,17). The molecule has 0 bridgehead atoms. The smallest absolute Gasteiger partial charge is 0.227 e. The van der Waals surface area contributed by atoms with Crippen LogP contribution in [0.1, 0.15) is 33.1 Å². The van der Waals surface area contributed by atoms with E-state index in [0.717, 1.165) is 19.0 Å². The summed E-state index contributed by atoms with van der Waals surface area (Å²) in [5, 5.41) is 6.44. The molecule has 0 spiro atoms. The highest BCUT2D eigenvalue weighted by Gasteiger charge is 2.33. The van der Waals surface area contributed by atoms with Gasteiger partial charge in [0.15, 0.2) is 0 Å². The summed E-state index contributed by atoms with van der Waals surface area (Å²) >= 11 is 0. The van der Waals surface area contributed by atoms with Crippen molar-refractivity contribution < 1.29 is 9.53 Å². The van der Waals surface area contributed by atoms with Gasteiger partial charge in [-0.1, -0.05) is 20.3 Å². The number of carbonyl (C=O) groups excluding carboxylic acids is 1. The summed E-state index contributed by atoms with van der Waals surface area (Å²) in [5.74, 6) is 1.67. The highest BCUT2D eigenvalue weighted by molar-refractivity contribution is 5.79. The normalized spacial score (nSPS) is 35.9. The largest absolute Gasteiger partial charge is 0.379 e. The molecule has 4 heteroatoms. The van der Waals surface area contributed by atoms with Crippen LogP contribution in [0.3, 0.4) is 0 Å². The first kappa shape index (κ1) is 13.8. The van der Waals surface area contributed by atoms with Crippen LogP contribution < -0.4 is 10.6 Å². The van der Waals surface area contributed by atoms with Gasteiger partial charge in [0.25, 0.3) is 0 Å². The molecule has 2 fully saturated rings. The third-order valence-corrected chi connectivity index (χ3v) is 4.25. The van der Waals surface area contributed by atoms with Gasteiger partial charge in [0, 0.05) is 12.6 Å². The molecule has 1 saturated heterocycles. The number of nitrogens with one attached hydrogen (secondary N) is 2. The molecule has 0 aromatic rings. The monoisotopic (exact) mass is 254 g/mol. The second-order valence-corrected chi connectivity index (χ2v) is 5.84. The summed E-state index contributed by atoms with van der Waals surface area (Å²) in [6.45, 7) is 7.31. The van der Waals surface area contributed by atoms with Crippen LogP contribution in [0.5, 0.6) is 0 Å². The molecular weight excluding hydrogens is 228 g/mol. The van der Waals surface area contributed by atoms with Crippen LogP contribution in [0, 0.1) is 17.8 Å². The lowest BCUT2D eigenvalue weighted by atomic mass is 10.0. The number of likely N-dealkylation sites (N-methyl/N-ethyl adjacent to an activating group) is 1. The molecule has 2 rings (SSSR count). The van der Waals surface area contributed by atoms with Crippen LogP contribution in [0.4, 0.5) is 0 Å². The Bertz CT molecular complexity index is 283. The number of amides is 1. The predicted molar refractivity (Wildman–Crippen MR) is 71.3 cm³/mol. The zero-order chi connectivity index (χ0) is 13.0. The van der Waals surface area contributed by atoms with E-state index in [1.165, 1.54) is 19.3 Å². The van der Waals surface area contributed by atoms with E-state index in [2.05, 4.69) is 24.5 Å². The topological polar surface area (TPSA) is 50.4 Å². The molecule has 1 aliphatic heterocycles. The molecule has 0 aromatic carbocycles. The lowest BCUT2D eigenvalue weighted by Gasteiger charge is -2.19. The van der Waals surface area contributed by atoms with E-state index < -0.39 is 0 Å². The number of hydrogen-bond acceptors (Lipinski definition) is 3. The summed E-state index contributed by atoms with van der Waals surface area (Å²) in [7, 11) is 0. The minimum atomic E-state index is -0.0104. The molecular formula is C14H26N2O2. The van der Waals surface area contributed by atoms with Gasteiger partial charge in [-0.05, 0) is 31.2 Å². The molecule has 0 radical (unpaired) electrons. The van der Waals surface area contributed by atoms with Gasteiger partial charge < -0.3 is 15.4 Å². The highest BCUT2D eigenvalue weighted by Crippen LogP contribution is 2.29. The Balaban J connectivity index is 1.73. The van der Waals surface area contributed by atoms with Crippen LogP contribution in [0.15, 0.2) is 0 Å². The van der Waals surface area contributed by atoms with Crippen molar-refractivity contribution in [3.8, 4) is 0 Å². The van der Waals surface area contributed by atoms with E-state index in [-0.39, 0.29) is 17.9 Å². The van der Waals surface area contributed by atoms with Crippen molar-refractivity contribution in [2.45, 2.75) is 39.2 Å². The average Bonchev–Trinajstić information content (AvgIpc) is 2.96. The first-order valence-electron chi connectivity index (χ1n) is 7.29. The Hall–Kier alpha value is -0.610. The molecule has 1 saturated carbocycles. The van der Waals surface area contributed by atoms with Gasteiger partial charge in [0.1, 0.15) is 0 Å². The van der Waals surface area contributed by atoms with Crippen molar-refractivity contribution in [2.75, 3.05) is 26.3 Å². The van der Waals surface area contributed by atoms with Gasteiger partial charge in [0.2, 0.25) is 5.91 Å². The second-order valence-electron chi connectivity index (χ2n) is 5.84. The lowest BCUT2D eigenvalue weighted by molar-refractivity contribution is -0.125. The third-order valence-electron chi connectivity index (χ3n) is 4.25. The van der Waals surface area contributed by atoms with Gasteiger partial charge in [-0.2, -0.15) is 0 Å². The summed E-state index contributed by atoms with van der Waals surface area (Å²) in [4.78, 5) is 12.1. The fourth-order valence-electron chi connectivity index (χ4n) is 3.16. The molecule has 1 aliphatic carbocycles. The van der Waals surface area contributed by atoms with Crippen molar-refractivity contribution in [3.05, 3.63) is 0 Å². The summed E-state index contributed by atoms with van der Waals surface area (Å²) < 4.78 is 5.41. The van der Waals surface area contributed by atoms with Crippen LogP contribution >= 0.6 is 0 Å². The van der Waals surface area contributed by atoms with E-state index in [1.54, 1.807) is 0 Å². The van der Waals surface area contributed by atoms with Crippen LogP contribution in [-0.4, -0.2) is 38.3 Å². The Morgan fingerprint density at radius 1 is 1.33 bits per heavy atom. The van der Waals surface area contributed by atoms with Crippen LogP contribution in [0.2, 0.25) is 0 Å². The van der Waals surface area contributed by atoms with E-state index in [4.69, 9.17) is 4.74 Å². The molecule has 4 atom stereocenters. The summed E-state index contributed by atoms with van der Waals surface area (Å²) in [6, 6.07) is 0.192. The Labute approximate surface area is 110 Å². The number of ether oxygens (including phenoxy) is 1. The molecule has 2 aliphatic rings. The van der Waals surface area contributed by atoms with Gasteiger partial charge >= 0.3 is 0 Å². The minimum Gasteiger partial charge on any atom is -0.379 e. The molecule has 4 nitrogen and oxygen atoms in total. The zero-order valence-corrected chi connectivity index (χ0v) is 11.6. The quantitative estimate of drug-likeness (QED) is 0.774. The molecule has 104 valence electrons. The molecule has 2 N–H and O–H groups in total. The number of rotatable bonds is 5. The maximum atomic E-state index is 12.1. The van der Waals surface area contributed by atoms with Crippen molar-refractivity contribution in [2.24, 2.45) is 17.8 Å². The maximum Gasteiger partial charge on any atom is 0.227 e. The molecule has 4 unspecified atom stereocenters. The fraction of sp³-hybridized carbons (Fsp3) is 0.929. The van der Waals surface area contributed by atoms with E-state index in [0.29, 0.717) is 19.1 Å². The fourth-order valence-corrected chi connectivity index (χ4v) is 3.16. The maximum absolute atomic E-state index is 12.1. The van der Waals surface area contributed by atoms with Crippen molar-refractivity contribution in [1.29, 1.82) is 0 Å². The molecule has 0 aromatic heterocycles. The second kappa shape index (κ2) is 6.53. The highest BCUT2D eigenvalue weighted by atomic mass is 16.5. The van der Waals surface area contributed by atoms with Crippen molar-refractivity contribution >= 4 is 5.91 Å². The van der Waals surface area contributed by atoms with Gasteiger partial charge in [-0.3, -0.25) is 4.79 Å². The van der Waals surface area contributed by atoms with Gasteiger partial charge in [-0.25, -0.2) is 0 Å². The van der Waals surface area contributed by atoms with Crippen LogP contribution in [0.25, 0.3) is 0 Å². The SMILES string of the molecule is CCNC1COCC1C(=O)NCC1CCC(C)C1. The number of carbonyl (C=O) groups is 1. The minimum absolute atomic E-state index is 0.0104. The average molecular weight is 254 g/mol. The third kappa shape index (κ3) is 3.45. The molecule has 1 heterocycles. The Morgan fingerprint density at radius 2 is 2.17 bits per heavy atom. The summed E-state index contributed by atoms with van der Waals surface area (Å²) in [6.07, 6.45) is 3.84. The Kier molecular flexibility index (Phi) is 5.01. The first-order chi connectivity index (χ1) is 8.70. The van der Waals surface area contributed by atoms with Gasteiger partial charge in [-0.15, -0.1) is 0 Å². The van der Waals surface area contributed by atoms with Crippen molar-refractivity contribution in [3.63, 3.8) is 0 Å². The van der Waals surface area contributed by atoms with Crippen molar-refractivity contribution in [1.82, 2.24) is 10.6 Å². The number of hydrogen-bond donors (Lipinski definition) is 2. The molecule has 1 amide bonds. The summed E-state index contributed by atoms with van der Waals surface area (Å²) in [5.41, 5.74) is 0. The first-order valence-corrected chi connectivity index (χ1v) is 7.29. The van der Waals surface area contributed by atoms with E-state index >= 15 is 0 Å². The zero-order valence-electron chi connectivity index (χ0n) is 11.6. The van der Waals surface area contributed by atoms with Crippen LogP contribution in [-0.2, 0) is 9.53 Å². The van der Waals surface area contributed by atoms with E-state index in [9.17, 15) is 4.79 Å². The van der Waals surface area contributed by atoms with E-state index in [1.807, 2.05) is 0 Å². The Morgan fingerprint density at radius 3 is 2.83 bits per heavy atom. The van der Waals surface area contributed by atoms with Gasteiger partial charge in [0.05, 0.1) is 19.1 Å². The lowest BCUT2D eigenvalue weighted by Crippen LogP contribution is -2.44.